The summed E-state index contributed by atoms with van der Waals surface area (Å²) in [5.74, 6) is 1.19. The number of ether oxygens (including phenoxy) is 4. The van der Waals surface area contributed by atoms with Crippen LogP contribution < -0.4 is 14.2 Å². The van der Waals surface area contributed by atoms with Gasteiger partial charge in [-0.1, -0.05) is 57.9 Å². The Morgan fingerprint density at radius 3 is 1.71 bits per heavy atom. The Balaban J connectivity index is 1.46. The first-order chi connectivity index (χ1) is 17.1. The fourth-order valence-corrected chi connectivity index (χ4v) is 3.54. The lowest BCUT2D eigenvalue weighted by Gasteiger charge is -2.08. The van der Waals surface area contributed by atoms with Crippen molar-refractivity contribution in [2.45, 2.75) is 64.2 Å². The summed E-state index contributed by atoms with van der Waals surface area (Å²) in [6, 6.07) is 13.9. The normalized spacial score (nSPS) is 10.4. The van der Waals surface area contributed by atoms with Crippen LogP contribution in [0, 0.1) is 0 Å². The van der Waals surface area contributed by atoms with E-state index >= 15 is 0 Å². The zero-order valence-electron chi connectivity index (χ0n) is 20.8. The van der Waals surface area contributed by atoms with Crippen LogP contribution in [0.5, 0.6) is 17.2 Å². The predicted molar refractivity (Wildman–Crippen MR) is 137 cm³/mol. The van der Waals surface area contributed by atoms with Crippen LogP contribution in [-0.2, 0) is 9.53 Å². The summed E-state index contributed by atoms with van der Waals surface area (Å²) in [4.78, 5) is 23.2. The monoisotopic (exact) mass is 482 g/mol. The number of benzene rings is 2. The van der Waals surface area contributed by atoms with Crippen molar-refractivity contribution in [1.82, 2.24) is 0 Å². The summed E-state index contributed by atoms with van der Waals surface area (Å²) in [7, 11) is 1.59. The minimum absolute atomic E-state index is 0.336. The number of hydrogen-bond acceptors (Lipinski definition) is 6. The largest absolute Gasteiger partial charge is 0.497 e. The molecule has 0 aliphatic carbocycles. The van der Waals surface area contributed by atoms with Gasteiger partial charge < -0.3 is 18.9 Å². The maximum absolute atomic E-state index is 12.3. The molecule has 190 valence electrons. The van der Waals surface area contributed by atoms with Crippen molar-refractivity contribution in [3.63, 3.8) is 0 Å². The van der Waals surface area contributed by atoms with Crippen LogP contribution >= 0.6 is 0 Å². The average Bonchev–Trinajstić information content (AvgIpc) is 2.89. The van der Waals surface area contributed by atoms with Gasteiger partial charge in [0.15, 0.2) is 0 Å². The molecule has 6 heteroatoms. The van der Waals surface area contributed by atoms with Gasteiger partial charge in [0, 0.05) is 6.08 Å². The van der Waals surface area contributed by atoms with Gasteiger partial charge in [-0.2, -0.15) is 0 Å². The summed E-state index contributed by atoms with van der Waals surface area (Å²) in [5.41, 5.74) is 0.476. The van der Waals surface area contributed by atoms with E-state index in [4.69, 9.17) is 18.9 Å². The summed E-state index contributed by atoms with van der Waals surface area (Å²) in [6.45, 7) is 4.55. The number of carbonyl (C=O) groups is 2. The highest BCUT2D eigenvalue weighted by Crippen LogP contribution is 2.19. The van der Waals surface area contributed by atoms with Crippen molar-refractivity contribution in [3.8, 4) is 17.2 Å². The number of unbranched alkanes of at least 4 members (excludes halogenated alkanes) is 9. The molecule has 6 nitrogen and oxygen atoms in total. The maximum Gasteiger partial charge on any atom is 0.343 e. The lowest BCUT2D eigenvalue weighted by molar-refractivity contribution is -0.137. The molecular weight excluding hydrogens is 444 g/mol. The fourth-order valence-electron chi connectivity index (χ4n) is 3.54. The lowest BCUT2D eigenvalue weighted by Crippen LogP contribution is -2.08. The van der Waals surface area contributed by atoms with E-state index in [1.54, 1.807) is 55.6 Å². The number of carbonyl (C=O) groups excluding carboxylic acids is 2. The highest BCUT2D eigenvalue weighted by Gasteiger charge is 2.09. The molecule has 0 saturated carbocycles. The Hall–Kier alpha value is -3.28. The van der Waals surface area contributed by atoms with Gasteiger partial charge >= 0.3 is 11.9 Å². The van der Waals surface area contributed by atoms with E-state index in [-0.39, 0.29) is 5.97 Å². The highest BCUT2D eigenvalue weighted by molar-refractivity contribution is 5.91. The van der Waals surface area contributed by atoms with Crippen molar-refractivity contribution in [2.24, 2.45) is 0 Å². The van der Waals surface area contributed by atoms with Gasteiger partial charge in [-0.3, -0.25) is 0 Å². The van der Waals surface area contributed by atoms with Crippen LogP contribution in [0.25, 0.3) is 0 Å². The second-order valence-electron chi connectivity index (χ2n) is 8.35. The summed E-state index contributed by atoms with van der Waals surface area (Å²) in [5, 5.41) is 0. The van der Waals surface area contributed by atoms with Gasteiger partial charge in [0.1, 0.15) is 17.2 Å². The van der Waals surface area contributed by atoms with Gasteiger partial charge in [0.25, 0.3) is 0 Å². The van der Waals surface area contributed by atoms with Crippen LogP contribution in [-0.4, -0.2) is 32.3 Å². The minimum Gasteiger partial charge on any atom is -0.497 e. The molecule has 0 aliphatic rings. The van der Waals surface area contributed by atoms with E-state index in [0.29, 0.717) is 30.3 Å². The molecule has 0 aliphatic heterocycles. The zero-order chi connectivity index (χ0) is 25.1. The Bertz CT molecular complexity index is 873. The molecule has 0 heterocycles. The second kappa shape index (κ2) is 17.2. The number of hydrogen-bond donors (Lipinski definition) is 0. The van der Waals surface area contributed by atoms with Gasteiger partial charge in [0.05, 0.1) is 25.9 Å². The van der Waals surface area contributed by atoms with Crippen molar-refractivity contribution in [2.75, 3.05) is 20.3 Å². The second-order valence-corrected chi connectivity index (χ2v) is 8.35. The first-order valence-electron chi connectivity index (χ1n) is 12.5. The molecule has 2 rings (SSSR count). The smallest absolute Gasteiger partial charge is 0.343 e. The third-order valence-electron chi connectivity index (χ3n) is 5.58. The first-order valence-corrected chi connectivity index (χ1v) is 12.5. The van der Waals surface area contributed by atoms with Crippen molar-refractivity contribution < 1.29 is 28.5 Å². The van der Waals surface area contributed by atoms with Crippen LogP contribution in [0.1, 0.15) is 74.6 Å². The zero-order valence-corrected chi connectivity index (χ0v) is 20.8. The summed E-state index contributed by atoms with van der Waals surface area (Å²) in [6.07, 6.45) is 12.8. The van der Waals surface area contributed by atoms with Crippen molar-refractivity contribution in [3.05, 3.63) is 66.7 Å². The van der Waals surface area contributed by atoms with Crippen LogP contribution in [0.15, 0.2) is 61.2 Å². The molecular formula is C29H38O6. The quantitative estimate of drug-likeness (QED) is 0.0993. The van der Waals surface area contributed by atoms with Crippen molar-refractivity contribution >= 4 is 11.9 Å². The van der Waals surface area contributed by atoms with Gasteiger partial charge in [-0.15, -0.1) is 0 Å². The van der Waals surface area contributed by atoms with Crippen LogP contribution in [0.2, 0.25) is 0 Å². The molecule has 0 aromatic heterocycles. The van der Waals surface area contributed by atoms with Crippen molar-refractivity contribution in [1.29, 1.82) is 0 Å². The molecule has 0 unspecified atom stereocenters. The third-order valence-corrected chi connectivity index (χ3v) is 5.58. The average molecular weight is 483 g/mol. The SMILES string of the molecule is C=CC(=O)OCCCCCCCCCCCCOc1ccc(C(=O)Oc2ccc(OC)cc2)cc1. The Morgan fingerprint density at radius 1 is 0.686 bits per heavy atom. The Kier molecular flexibility index (Phi) is 13.7. The van der Waals surface area contributed by atoms with E-state index in [9.17, 15) is 9.59 Å². The maximum atomic E-state index is 12.3. The standard InChI is InChI=1S/C29H38O6/c1-3-28(30)34-23-13-11-9-7-5-4-6-8-10-12-22-33-26-16-14-24(15-17-26)29(31)35-27-20-18-25(32-2)19-21-27/h3,14-21H,1,4-13,22-23H2,2H3. The van der Waals surface area contributed by atoms with E-state index < -0.39 is 5.97 Å². The molecule has 2 aromatic rings. The Morgan fingerprint density at radius 2 is 1.17 bits per heavy atom. The number of rotatable bonds is 18. The van der Waals surface area contributed by atoms with Gasteiger partial charge in [0.2, 0.25) is 0 Å². The molecule has 35 heavy (non-hydrogen) atoms. The molecule has 0 spiro atoms. The molecule has 2 aromatic carbocycles. The summed E-state index contributed by atoms with van der Waals surface area (Å²) < 4.78 is 21.2. The van der Waals surface area contributed by atoms with Crippen LogP contribution in [0.4, 0.5) is 0 Å². The molecule has 0 atom stereocenters. The highest BCUT2D eigenvalue weighted by atomic mass is 16.5. The molecule has 0 bridgehead atoms. The van der Waals surface area contributed by atoms with Gasteiger partial charge in [-0.05, 0) is 61.4 Å². The fraction of sp³-hybridized carbons (Fsp3) is 0.448. The molecule has 0 radical (unpaired) electrons. The Labute approximate surface area is 209 Å². The van der Waals surface area contributed by atoms with E-state index in [0.717, 1.165) is 31.4 Å². The lowest BCUT2D eigenvalue weighted by atomic mass is 10.1. The summed E-state index contributed by atoms with van der Waals surface area (Å²) >= 11 is 0. The number of methoxy groups -OCH3 is 1. The minimum atomic E-state index is -0.407. The van der Waals surface area contributed by atoms with Gasteiger partial charge in [-0.25, -0.2) is 9.59 Å². The third kappa shape index (κ3) is 12.1. The van der Waals surface area contributed by atoms with Crippen LogP contribution in [0.3, 0.4) is 0 Å². The molecule has 0 amide bonds. The predicted octanol–water partition coefficient (Wildman–Crippen LogP) is 6.92. The van der Waals surface area contributed by atoms with E-state index in [2.05, 4.69) is 6.58 Å². The van der Waals surface area contributed by atoms with E-state index in [1.165, 1.54) is 44.6 Å². The molecule has 0 N–H and O–H groups in total. The topological polar surface area (TPSA) is 71.1 Å². The first kappa shape index (κ1) is 28.0. The molecule has 0 fully saturated rings. The molecule has 0 saturated heterocycles. The number of esters is 2. The van der Waals surface area contributed by atoms with E-state index in [1.807, 2.05) is 0 Å².